The highest BCUT2D eigenvalue weighted by molar-refractivity contribution is 6.34. The van der Waals surface area contributed by atoms with E-state index >= 15 is 0 Å². The van der Waals surface area contributed by atoms with Crippen LogP contribution in [0.2, 0.25) is 10.0 Å². The molecular formula is C10H11Cl2N3O2. The van der Waals surface area contributed by atoms with Gasteiger partial charge in [0.05, 0.1) is 23.6 Å². The first-order chi connectivity index (χ1) is 8.04. The van der Waals surface area contributed by atoms with Gasteiger partial charge in [0.25, 0.3) is 0 Å². The molecule has 2 rings (SSSR count). The molecule has 1 aliphatic heterocycles. The van der Waals surface area contributed by atoms with Crippen LogP contribution in [-0.4, -0.2) is 30.7 Å². The van der Waals surface area contributed by atoms with E-state index in [1.54, 1.807) is 12.1 Å². The first-order valence-corrected chi connectivity index (χ1v) is 5.72. The van der Waals surface area contributed by atoms with Gasteiger partial charge in [-0.2, -0.15) is 0 Å². The fourth-order valence-corrected chi connectivity index (χ4v) is 2.05. The van der Waals surface area contributed by atoms with Gasteiger partial charge in [-0.3, -0.25) is 5.73 Å². The molecule has 1 atom stereocenters. The van der Waals surface area contributed by atoms with Crippen molar-refractivity contribution in [2.45, 2.75) is 5.79 Å². The summed E-state index contributed by atoms with van der Waals surface area (Å²) in [4.78, 5) is 8.42. The number of aliphatic hydroxyl groups excluding tert-OH is 1. The Balaban J connectivity index is 2.32. The Morgan fingerprint density at radius 2 is 2.12 bits per heavy atom. The Morgan fingerprint density at radius 1 is 1.35 bits per heavy atom. The van der Waals surface area contributed by atoms with Crippen molar-refractivity contribution in [3.05, 3.63) is 32.9 Å². The van der Waals surface area contributed by atoms with Gasteiger partial charge >= 0.3 is 0 Å². The summed E-state index contributed by atoms with van der Waals surface area (Å²) >= 11 is 11.8. The molecular weight excluding hydrogens is 265 g/mol. The maximum atomic E-state index is 8.61. The van der Waals surface area contributed by atoms with Crippen LogP contribution in [0.15, 0.2) is 22.1 Å². The van der Waals surface area contributed by atoms with Crippen LogP contribution in [0.5, 0.6) is 0 Å². The average Bonchev–Trinajstić information content (AvgIpc) is 2.56. The molecule has 0 saturated heterocycles. The molecule has 7 heteroatoms. The minimum atomic E-state index is -1.19. The molecule has 3 N–H and O–H groups in total. The van der Waals surface area contributed by atoms with E-state index < -0.39 is 5.79 Å². The van der Waals surface area contributed by atoms with Gasteiger partial charge in [0.1, 0.15) is 12.0 Å². The zero-order chi connectivity index (χ0) is 12.5. The van der Waals surface area contributed by atoms with Crippen molar-refractivity contribution in [3.63, 3.8) is 0 Å². The summed E-state index contributed by atoms with van der Waals surface area (Å²) in [6.07, 6.45) is 0. The number of fused-ring (bicyclic) bond motifs is 1. The van der Waals surface area contributed by atoms with Crippen LogP contribution in [0.3, 0.4) is 0 Å². The summed E-state index contributed by atoms with van der Waals surface area (Å²) in [5.74, 6) is -1.19. The number of benzene rings is 1. The quantitative estimate of drug-likeness (QED) is 0.752. The molecule has 1 aromatic rings. The molecule has 17 heavy (non-hydrogen) atoms. The van der Waals surface area contributed by atoms with E-state index in [1.165, 1.54) is 0 Å². The molecule has 1 aromatic carbocycles. The Hall–Kier alpha value is -0.720. The number of ether oxygens (including phenoxy) is 1. The van der Waals surface area contributed by atoms with Crippen molar-refractivity contribution in [3.8, 4) is 0 Å². The van der Waals surface area contributed by atoms with Gasteiger partial charge in [-0.1, -0.05) is 23.2 Å². The predicted octanol–water partition coefficient (Wildman–Crippen LogP) is -0.132. The van der Waals surface area contributed by atoms with Crippen LogP contribution in [0.1, 0.15) is 0 Å². The lowest BCUT2D eigenvalue weighted by Crippen LogP contribution is -2.40. The van der Waals surface area contributed by atoms with Crippen LogP contribution >= 0.6 is 23.2 Å². The smallest absolute Gasteiger partial charge is 0.227 e. The van der Waals surface area contributed by atoms with Crippen LogP contribution in [0, 0.1) is 0 Å². The lowest BCUT2D eigenvalue weighted by atomic mass is 10.3. The minimum absolute atomic E-state index is 0.0738. The van der Waals surface area contributed by atoms with E-state index in [0.29, 0.717) is 20.8 Å². The molecule has 5 nitrogen and oxygen atoms in total. The Kier molecular flexibility index (Phi) is 3.65. The zero-order valence-electron chi connectivity index (χ0n) is 8.86. The van der Waals surface area contributed by atoms with E-state index in [-0.39, 0.29) is 19.8 Å². The topological polar surface area (TPSA) is 80.2 Å². The van der Waals surface area contributed by atoms with Crippen molar-refractivity contribution < 1.29 is 9.84 Å². The summed E-state index contributed by atoms with van der Waals surface area (Å²) in [6.45, 7) is 0.195. The third kappa shape index (κ3) is 2.75. The maximum absolute atomic E-state index is 8.61. The summed E-state index contributed by atoms with van der Waals surface area (Å²) in [5.41, 5.74) is 5.93. The highest BCUT2D eigenvalue weighted by Gasteiger charge is 2.27. The average molecular weight is 276 g/mol. The molecule has 1 aliphatic rings. The van der Waals surface area contributed by atoms with Crippen molar-refractivity contribution in [1.29, 1.82) is 0 Å². The number of hydrogen-bond donors (Lipinski definition) is 2. The van der Waals surface area contributed by atoms with Crippen LogP contribution in [0.25, 0.3) is 0 Å². The highest BCUT2D eigenvalue weighted by Crippen LogP contribution is 2.13. The molecule has 0 aliphatic carbocycles. The third-order valence-electron chi connectivity index (χ3n) is 2.18. The zero-order valence-corrected chi connectivity index (χ0v) is 10.4. The standard InChI is InChI=1S/C10H11Cl2N3O2/c11-6-3-7(12)9-8(4-6)14-10(13,15-9)5-17-2-1-16/h3-4,16H,1-2,5,13H2. The summed E-state index contributed by atoms with van der Waals surface area (Å²) in [7, 11) is 0. The molecule has 0 saturated carbocycles. The first kappa shape index (κ1) is 12.7. The molecule has 0 radical (unpaired) electrons. The van der Waals surface area contributed by atoms with E-state index in [1.807, 2.05) is 0 Å². The van der Waals surface area contributed by atoms with E-state index in [9.17, 15) is 0 Å². The number of hydrogen-bond acceptors (Lipinski definition) is 5. The largest absolute Gasteiger partial charge is 0.394 e. The highest BCUT2D eigenvalue weighted by atomic mass is 35.5. The van der Waals surface area contributed by atoms with Gasteiger partial charge in [0, 0.05) is 5.02 Å². The SMILES string of the molecule is NC1(COCCO)N=c2cc(Cl)cc(Cl)c2=N1. The predicted molar refractivity (Wildman–Crippen MR) is 63.6 cm³/mol. The molecule has 0 spiro atoms. The second-order valence-corrected chi connectivity index (χ2v) is 4.48. The number of rotatable bonds is 4. The van der Waals surface area contributed by atoms with Crippen molar-refractivity contribution in [1.82, 2.24) is 0 Å². The van der Waals surface area contributed by atoms with Crippen LogP contribution < -0.4 is 16.4 Å². The normalized spacial score (nSPS) is 21.9. The van der Waals surface area contributed by atoms with Crippen LogP contribution in [-0.2, 0) is 4.74 Å². The minimum Gasteiger partial charge on any atom is -0.394 e. The second kappa shape index (κ2) is 4.88. The number of nitrogens with two attached hydrogens (primary N) is 1. The Bertz CT molecular complexity index is 549. The summed E-state index contributed by atoms with van der Waals surface area (Å²) in [5, 5.41) is 10.6. The maximum Gasteiger partial charge on any atom is 0.227 e. The molecule has 0 bridgehead atoms. The summed E-state index contributed by atoms with van der Waals surface area (Å²) < 4.78 is 5.13. The number of halogens is 2. The Labute approximate surface area is 108 Å². The molecule has 0 amide bonds. The van der Waals surface area contributed by atoms with Crippen molar-refractivity contribution in [2.75, 3.05) is 19.8 Å². The van der Waals surface area contributed by atoms with E-state index in [0.717, 1.165) is 0 Å². The lowest BCUT2D eigenvalue weighted by Gasteiger charge is -2.16. The first-order valence-electron chi connectivity index (χ1n) is 4.96. The summed E-state index contributed by atoms with van der Waals surface area (Å²) in [6, 6.07) is 3.23. The van der Waals surface area contributed by atoms with Gasteiger partial charge in [-0.05, 0) is 12.1 Å². The van der Waals surface area contributed by atoms with Crippen molar-refractivity contribution >= 4 is 23.2 Å². The van der Waals surface area contributed by atoms with Gasteiger partial charge in [0.2, 0.25) is 5.79 Å². The fraction of sp³-hybridized carbons (Fsp3) is 0.400. The van der Waals surface area contributed by atoms with Crippen molar-refractivity contribution in [2.24, 2.45) is 15.7 Å². The Morgan fingerprint density at radius 3 is 2.82 bits per heavy atom. The number of nitrogens with zero attached hydrogens (tertiary/aromatic N) is 2. The molecule has 92 valence electrons. The molecule has 1 heterocycles. The van der Waals surface area contributed by atoms with E-state index in [2.05, 4.69) is 9.98 Å². The van der Waals surface area contributed by atoms with E-state index in [4.69, 9.17) is 38.8 Å². The van der Waals surface area contributed by atoms with Gasteiger partial charge in [-0.15, -0.1) is 0 Å². The fourth-order valence-electron chi connectivity index (χ4n) is 1.53. The number of aliphatic hydroxyl groups is 1. The molecule has 0 aromatic heterocycles. The monoisotopic (exact) mass is 275 g/mol. The molecule has 1 unspecified atom stereocenters. The third-order valence-corrected chi connectivity index (χ3v) is 2.68. The van der Waals surface area contributed by atoms with Gasteiger partial charge in [-0.25, -0.2) is 9.98 Å². The lowest BCUT2D eigenvalue weighted by molar-refractivity contribution is 0.0611. The molecule has 0 fully saturated rings. The van der Waals surface area contributed by atoms with Gasteiger partial charge < -0.3 is 9.84 Å². The van der Waals surface area contributed by atoms with Crippen LogP contribution in [0.4, 0.5) is 0 Å². The van der Waals surface area contributed by atoms with Gasteiger partial charge in [0.15, 0.2) is 0 Å². The second-order valence-electron chi connectivity index (χ2n) is 3.63.